The lowest BCUT2D eigenvalue weighted by atomic mass is 9.99. The molecule has 0 spiro atoms. The average molecular weight is 177 g/mol. The molecule has 0 bridgehead atoms. The number of hydrogen-bond donors (Lipinski definition) is 1. The van der Waals surface area contributed by atoms with Crippen LogP contribution in [0.3, 0.4) is 0 Å². The molecular formula is C12H19N. The van der Waals surface area contributed by atoms with Crippen molar-refractivity contribution in [3.8, 4) is 0 Å². The third-order valence-corrected chi connectivity index (χ3v) is 2.63. The fourth-order valence-electron chi connectivity index (χ4n) is 1.67. The molecule has 1 heteroatoms. The van der Waals surface area contributed by atoms with Gasteiger partial charge in [-0.05, 0) is 42.5 Å². The summed E-state index contributed by atoms with van der Waals surface area (Å²) >= 11 is 0. The molecule has 1 aromatic carbocycles. The monoisotopic (exact) mass is 177 g/mol. The Hall–Kier alpha value is -0.980. The first-order valence-electron chi connectivity index (χ1n) is 5.03. The largest absolute Gasteiger partial charge is 0.388 e. The molecule has 1 nitrogen and oxygen atoms in total. The van der Waals surface area contributed by atoms with E-state index in [1.54, 1.807) is 0 Å². The van der Waals surface area contributed by atoms with Gasteiger partial charge in [0.05, 0.1) is 0 Å². The van der Waals surface area contributed by atoms with Gasteiger partial charge in [-0.15, -0.1) is 0 Å². The molecule has 0 aliphatic rings. The Kier molecular flexibility index (Phi) is 3.35. The Labute approximate surface area is 81.2 Å². The quantitative estimate of drug-likeness (QED) is 0.747. The topological polar surface area (TPSA) is 12.0 Å². The van der Waals surface area contributed by atoms with Crippen molar-refractivity contribution in [2.45, 2.75) is 33.6 Å². The van der Waals surface area contributed by atoms with Gasteiger partial charge < -0.3 is 5.32 Å². The van der Waals surface area contributed by atoms with E-state index < -0.39 is 0 Å². The van der Waals surface area contributed by atoms with Crippen LogP contribution in [0.25, 0.3) is 0 Å². The predicted molar refractivity (Wildman–Crippen MR) is 59.5 cm³/mol. The highest BCUT2D eigenvalue weighted by atomic mass is 14.8. The van der Waals surface area contributed by atoms with Crippen LogP contribution in [0.2, 0.25) is 0 Å². The SMILES string of the molecule is CCc1cc(CC)c(C)c(NC)c1. The first kappa shape index (κ1) is 10.1. The second kappa shape index (κ2) is 4.31. The molecule has 0 aliphatic heterocycles. The van der Waals surface area contributed by atoms with Gasteiger partial charge >= 0.3 is 0 Å². The maximum Gasteiger partial charge on any atom is 0.0372 e. The summed E-state index contributed by atoms with van der Waals surface area (Å²) in [7, 11) is 1.99. The van der Waals surface area contributed by atoms with E-state index in [0.29, 0.717) is 0 Å². The second-order valence-corrected chi connectivity index (χ2v) is 3.38. The molecule has 1 aromatic rings. The zero-order chi connectivity index (χ0) is 9.84. The standard InChI is InChI=1S/C12H19N/c1-5-10-7-11(6-2)9(3)12(8-10)13-4/h7-8,13H,5-6H2,1-4H3. The minimum absolute atomic E-state index is 1.11. The highest BCUT2D eigenvalue weighted by Gasteiger charge is 2.03. The minimum Gasteiger partial charge on any atom is -0.388 e. The maximum absolute atomic E-state index is 3.24. The van der Waals surface area contributed by atoms with Crippen molar-refractivity contribution in [1.82, 2.24) is 0 Å². The van der Waals surface area contributed by atoms with E-state index in [1.807, 2.05) is 7.05 Å². The lowest BCUT2D eigenvalue weighted by Crippen LogP contribution is -1.98. The number of benzene rings is 1. The number of nitrogens with one attached hydrogen (secondary N) is 1. The van der Waals surface area contributed by atoms with Crippen LogP contribution < -0.4 is 5.32 Å². The third-order valence-electron chi connectivity index (χ3n) is 2.63. The van der Waals surface area contributed by atoms with Crippen LogP contribution in [-0.4, -0.2) is 7.05 Å². The van der Waals surface area contributed by atoms with Crippen LogP contribution in [0.5, 0.6) is 0 Å². The molecule has 1 N–H and O–H groups in total. The van der Waals surface area contributed by atoms with Gasteiger partial charge in [0, 0.05) is 12.7 Å². The average Bonchev–Trinajstić information content (AvgIpc) is 2.18. The van der Waals surface area contributed by atoms with Gasteiger partial charge in [0.1, 0.15) is 0 Å². The molecule has 0 amide bonds. The Morgan fingerprint density at radius 3 is 2.31 bits per heavy atom. The first-order valence-corrected chi connectivity index (χ1v) is 5.03. The summed E-state index contributed by atoms with van der Waals surface area (Å²) in [6, 6.07) is 4.56. The number of anilines is 1. The summed E-state index contributed by atoms with van der Waals surface area (Å²) in [5, 5.41) is 3.24. The Balaban J connectivity index is 3.20. The smallest absolute Gasteiger partial charge is 0.0372 e. The normalized spacial score (nSPS) is 10.2. The Bertz CT molecular complexity index is 264. The number of aryl methyl sites for hydroxylation is 2. The van der Waals surface area contributed by atoms with Gasteiger partial charge in [-0.2, -0.15) is 0 Å². The lowest BCUT2D eigenvalue weighted by molar-refractivity contribution is 1.07. The molecular weight excluding hydrogens is 158 g/mol. The van der Waals surface area contributed by atoms with E-state index in [4.69, 9.17) is 0 Å². The van der Waals surface area contributed by atoms with Gasteiger partial charge in [-0.3, -0.25) is 0 Å². The van der Waals surface area contributed by atoms with Gasteiger partial charge in [0.25, 0.3) is 0 Å². The molecule has 0 radical (unpaired) electrons. The van der Waals surface area contributed by atoms with Crippen molar-refractivity contribution < 1.29 is 0 Å². The van der Waals surface area contributed by atoms with E-state index in [-0.39, 0.29) is 0 Å². The molecule has 0 atom stereocenters. The lowest BCUT2D eigenvalue weighted by Gasteiger charge is -2.12. The van der Waals surface area contributed by atoms with Crippen molar-refractivity contribution in [3.63, 3.8) is 0 Å². The molecule has 1 rings (SSSR count). The van der Waals surface area contributed by atoms with Crippen LogP contribution in [0.15, 0.2) is 12.1 Å². The highest BCUT2D eigenvalue weighted by molar-refractivity contribution is 5.56. The first-order chi connectivity index (χ1) is 6.22. The van der Waals surface area contributed by atoms with Gasteiger partial charge in [-0.25, -0.2) is 0 Å². The zero-order valence-corrected chi connectivity index (χ0v) is 9.07. The molecule has 0 saturated carbocycles. The van der Waals surface area contributed by atoms with Crippen molar-refractivity contribution >= 4 is 5.69 Å². The number of hydrogen-bond acceptors (Lipinski definition) is 1. The zero-order valence-electron chi connectivity index (χ0n) is 9.07. The van der Waals surface area contributed by atoms with Crippen molar-refractivity contribution in [1.29, 1.82) is 0 Å². The molecule has 0 aliphatic carbocycles. The second-order valence-electron chi connectivity index (χ2n) is 3.38. The van der Waals surface area contributed by atoms with Crippen LogP contribution in [0.1, 0.15) is 30.5 Å². The summed E-state index contributed by atoms with van der Waals surface area (Å²) in [5.41, 5.74) is 5.55. The van der Waals surface area contributed by atoms with Crippen molar-refractivity contribution in [2.75, 3.05) is 12.4 Å². The fraction of sp³-hybridized carbons (Fsp3) is 0.500. The Morgan fingerprint density at radius 2 is 1.85 bits per heavy atom. The molecule has 0 fully saturated rings. The molecule has 13 heavy (non-hydrogen) atoms. The van der Waals surface area contributed by atoms with Crippen molar-refractivity contribution in [3.05, 3.63) is 28.8 Å². The van der Waals surface area contributed by atoms with E-state index in [2.05, 4.69) is 38.2 Å². The summed E-state index contributed by atoms with van der Waals surface area (Å²) in [4.78, 5) is 0. The maximum atomic E-state index is 3.24. The van der Waals surface area contributed by atoms with E-state index in [1.165, 1.54) is 22.4 Å². The molecule has 0 unspecified atom stereocenters. The molecule has 0 aromatic heterocycles. The molecule has 0 heterocycles. The predicted octanol–water partition coefficient (Wildman–Crippen LogP) is 3.16. The third kappa shape index (κ3) is 2.03. The summed E-state index contributed by atoms with van der Waals surface area (Å²) in [6.45, 7) is 6.59. The molecule has 0 saturated heterocycles. The summed E-state index contributed by atoms with van der Waals surface area (Å²) < 4.78 is 0. The van der Waals surface area contributed by atoms with Gasteiger partial charge in [-0.1, -0.05) is 19.9 Å². The Morgan fingerprint density at radius 1 is 1.15 bits per heavy atom. The van der Waals surface area contributed by atoms with E-state index in [0.717, 1.165) is 12.8 Å². The number of rotatable bonds is 3. The summed E-state index contributed by atoms with van der Waals surface area (Å²) in [6.07, 6.45) is 2.23. The van der Waals surface area contributed by atoms with Gasteiger partial charge in [0.15, 0.2) is 0 Å². The highest BCUT2D eigenvalue weighted by Crippen LogP contribution is 2.22. The van der Waals surface area contributed by atoms with Crippen LogP contribution >= 0.6 is 0 Å². The van der Waals surface area contributed by atoms with E-state index in [9.17, 15) is 0 Å². The minimum atomic E-state index is 1.11. The molecule has 72 valence electrons. The van der Waals surface area contributed by atoms with Crippen LogP contribution in [0.4, 0.5) is 5.69 Å². The van der Waals surface area contributed by atoms with Crippen LogP contribution in [0, 0.1) is 6.92 Å². The fourth-order valence-corrected chi connectivity index (χ4v) is 1.67. The van der Waals surface area contributed by atoms with E-state index >= 15 is 0 Å². The van der Waals surface area contributed by atoms with Crippen LogP contribution in [-0.2, 0) is 12.8 Å². The van der Waals surface area contributed by atoms with Crippen molar-refractivity contribution in [2.24, 2.45) is 0 Å². The summed E-state index contributed by atoms with van der Waals surface area (Å²) in [5.74, 6) is 0. The van der Waals surface area contributed by atoms with Gasteiger partial charge in [0.2, 0.25) is 0 Å².